The Morgan fingerprint density at radius 1 is 1.19 bits per heavy atom. The first-order valence-electron chi connectivity index (χ1n) is 7.99. The SMILES string of the molecule is CCOP(=O)(OCC)[C@@]12CC(C)=C(C)C[C@@H]1CCCC2=O. The van der Waals surface area contributed by atoms with Gasteiger partial charge in [0.2, 0.25) is 0 Å². The lowest BCUT2D eigenvalue weighted by atomic mass is 9.68. The van der Waals surface area contributed by atoms with E-state index in [-0.39, 0.29) is 11.7 Å². The van der Waals surface area contributed by atoms with Crippen molar-refractivity contribution < 1.29 is 18.4 Å². The molecule has 5 heteroatoms. The van der Waals surface area contributed by atoms with Crippen molar-refractivity contribution in [1.29, 1.82) is 0 Å². The van der Waals surface area contributed by atoms with Crippen molar-refractivity contribution >= 4 is 13.4 Å². The average molecular weight is 314 g/mol. The maximum atomic E-state index is 13.5. The molecule has 4 nitrogen and oxygen atoms in total. The molecule has 120 valence electrons. The highest BCUT2D eigenvalue weighted by molar-refractivity contribution is 7.57. The number of rotatable bonds is 5. The van der Waals surface area contributed by atoms with Gasteiger partial charge in [-0.2, -0.15) is 0 Å². The van der Waals surface area contributed by atoms with E-state index in [4.69, 9.17) is 9.05 Å². The minimum atomic E-state index is -3.45. The molecule has 2 atom stereocenters. The van der Waals surface area contributed by atoms with Crippen LogP contribution in [0.1, 0.15) is 59.8 Å². The minimum absolute atomic E-state index is 0.0795. The van der Waals surface area contributed by atoms with Crippen LogP contribution >= 0.6 is 7.60 Å². The fourth-order valence-electron chi connectivity index (χ4n) is 3.89. The van der Waals surface area contributed by atoms with Crippen LogP contribution in [0.5, 0.6) is 0 Å². The molecule has 1 fully saturated rings. The molecule has 2 aliphatic carbocycles. The lowest BCUT2D eigenvalue weighted by Crippen LogP contribution is -2.51. The van der Waals surface area contributed by atoms with Crippen LogP contribution in [0.2, 0.25) is 0 Å². The summed E-state index contributed by atoms with van der Waals surface area (Å²) in [5, 5.41) is -0.944. The van der Waals surface area contributed by atoms with Gasteiger partial charge in [-0.1, -0.05) is 11.1 Å². The van der Waals surface area contributed by atoms with Crippen molar-refractivity contribution in [3.8, 4) is 0 Å². The molecular weight excluding hydrogens is 287 g/mol. The molecule has 0 unspecified atom stereocenters. The summed E-state index contributed by atoms with van der Waals surface area (Å²) in [7, 11) is -3.45. The Balaban J connectivity index is 2.55. The predicted molar refractivity (Wildman–Crippen MR) is 83.5 cm³/mol. The van der Waals surface area contributed by atoms with E-state index in [0.717, 1.165) is 19.3 Å². The van der Waals surface area contributed by atoms with Crippen molar-refractivity contribution in [3.05, 3.63) is 11.1 Å². The molecule has 0 aromatic carbocycles. The zero-order valence-corrected chi connectivity index (χ0v) is 14.5. The van der Waals surface area contributed by atoms with Gasteiger partial charge in [0.25, 0.3) is 0 Å². The van der Waals surface area contributed by atoms with Crippen molar-refractivity contribution in [2.24, 2.45) is 5.92 Å². The summed E-state index contributed by atoms with van der Waals surface area (Å²) in [6.45, 7) is 8.38. The number of hydrogen-bond acceptors (Lipinski definition) is 4. The Morgan fingerprint density at radius 3 is 2.38 bits per heavy atom. The molecule has 21 heavy (non-hydrogen) atoms. The summed E-state index contributed by atoms with van der Waals surface area (Å²) in [6, 6.07) is 0. The number of allylic oxidation sites excluding steroid dienone is 2. The molecule has 0 N–H and O–H groups in total. The molecule has 0 bridgehead atoms. The second-order valence-electron chi connectivity index (χ2n) is 6.21. The van der Waals surface area contributed by atoms with Crippen molar-refractivity contribution in [2.45, 2.75) is 65.0 Å². The van der Waals surface area contributed by atoms with Crippen molar-refractivity contribution in [2.75, 3.05) is 13.2 Å². The first kappa shape index (κ1) is 16.9. The van der Waals surface area contributed by atoms with E-state index in [0.29, 0.717) is 26.1 Å². The van der Waals surface area contributed by atoms with Gasteiger partial charge in [0, 0.05) is 6.42 Å². The van der Waals surface area contributed by atoms with E-state index < -0.39 is 12.8 Å². The van der Waals surface area contributed by atoms with Gasteiger partial charge in [0.1, 0.15) is 5.16 Å². The quantitative estimate of drug-likeness (QED) is 0.554. The van der Waals surface area contributed by atoms with E-state index in [9.17, 15) is 9.36 Å². The Labute approximate surface area is 127 Å². The van der Waals surface area contributed by atoms with E-state index in [2.05, 4.69) is 6.92 Å². The minimum Gasteiger partial charge on any atom is -0.308 e. The second-order valence-corrected chi connectivity index (χ2v) is 8.52. The van der Waals surface area contributed by atoms with Crippen LogP contribution in [0.15, 0.2) is 11.1 Å². The summed E-state index contributed by atoms with van der Waals surface area (Å²) in [4.78, 5) is 12.8. The topological polar surface area (TPSA) is 52.6 Å². The highest BCUT2D eigenvalue weighted by atomic mass is 31.2. The van der Waals surface area contributed by atoms with Crippen LogP contribution in [0, 0.1) is 5.92 Å². The van der Waals surface area contributed by atoms with Gasteiger partial charge in [-0.25, -0.2) is 0 Å². The lowest BCUT2D eigenvalue weighted by Gasteiger charge is -2.48. The molecule has 2 rings (SSSR count). The lowest BCUT2D eigenvalue weighted by molar-refractivity contribution is -0.126. The third-order valence-corrected chi connectivity index (χ3v) is 7.96. The fourth-order valence-corrected chi connectivity index (χ4v) is 6.62. The van der Waals surface area contributed by atoms with E-state index in [1.54, 1.807) is 13.8 Å². The van der Waals surface area contributed by atoms with E-state index in [1.807, 2.05) is 6.92 Å². The van der Waals surface area contributed by atoms with Gasteiger partial charge in [-0.05, 0) is 59.3 Å². The van der Waals surface area contributed by atoms with Gasteiger partial charge in [0.15, 0.2) is 5.78 Å². The van der Waals surface area contributed by atoms with Crippen LogP contribution in [0.25, 0.3) is 0 Å². The highest BCUT2D eigenvalue weighted by Crippen LogP contribution is 2.69. The summed E-state index contributed by atoms with van der Waals surface area (Å²) in [5.74, 6) is 0.169. The van der Waals surface area contributed by atoms with Crippen molar-refractivity contribution in [1.82, 2.24) is 0 Å². The smallest absolute Gasteiger partial charge is 0.308 e. The van der Waals surface area contributed by atoms with Crippen LogP contribution in [0.4, 0.5) is 0 Å². The zero-order valence-electron chi connectivity index (χ0n) is 13.6. The van der Waals surface area contributed by atoms with Gasteiger partial charge in [0.05, 0.1) is 13.2 Å². The molecule has 2 aliphatic rings. The number of Topliss-reactive ketones (excluding diaryl/α,β-unsaturated/α-hetero) is 1. The number of carbonyl (C=O) groups is 1. The third-order valence-electron chi connectivity index (χ3n) is 5.02. The number of hydrogen-bond donors (Lipinski definition) is 0. The van der Waals surface area contributed by atoms with Crippen LogP contribution in [0.3, 0.4) is 0 Å². The largest absolute Gasteiger partial charge is 0.344 e. The monoisotopic (exact) mass is 314 g/mol. The number of ketones is 1. The van der Waals surface area contributed by atoms with Gasteiger partial charge in [-0.3, -0.25) is 9.36 Å². The van der Waals surface area contributed by atoms with Gasteiger partial charge in [-0.15, -0.1) is 0 Å². The Kier molecular flexibility index (Phi) is 5.12. The number of carbonyl (C=O) groups excluding carboxylic acids is 1. The normalized spacial score (nSPS) is 30.5. The predicted octanol–water partition coefficient (Wildman–Crippen LogP) is 4.49. The van der Waals surface area contributed by atoms with Crippen LogP contribution in [-0.2, 0) is 18.4 Å². The summed E-state index contributed by atoms with van der Waals surface area (Å²) in [5.41, 5.74) is 2.49. The van der Waals surface area contributed by atoms with E-state index >= 15 is 0 Å². The zero-order chi connectivity index (χ0) is 15.7. The Hall–Kier alpha value is -0.440. The van der Waals surface area contributed by atoms with Crippen molar-refractivity contribution in [3.63, 3.8) is 0 Å². The molecule has 0 aromatic heterocycles. The molecule has 0 radical (unpaired) electrons. The third kappa shape index (κ3) is 2.67. The molecule has 0 aliphatic heterocycles. The fraction of sp³-hybridized carbons (Fsp3) is 0.812. The molecule has 0 saturated heterocycles. The maximum Gasteiger partial charge on any atom is 0.344 e. The maximum absolute atomic E-state index is 13.5. The molecule has 1 saturated carbocycles. The Bertz CT molecular complexity index is 487. The first-order valence-corrected chi connectivity index (χ1v) is 9.53. The second kappa shape index (κ2) is 6.36. The number of fused-ring (bicyclic) bond motifs is 1. The molecular formula is C16H27O4P. The highest BCUT2D eigenvalue weighted by Gasteiger charge is 2.62. The summed E-state index contributed by atoms with van der Waals surface area (Å²) >= 11 is 0. The molecule has 0 aromatic rings. The molecule has 0 amide bonds. The Morgan fingerprint density at radius 2 is 1.81 bits per heavy atom. The first-order chi connectivity index (χ1) is 9.91. The summed E-state index contributed by atoms with van der Waals surface area (Å²) < 4.78 is 24.7. The van der Waals surface area contributed by atoms with Gasteiger partial charge >= 0.3 is 7.60 Å². The summed E-state index contributed by atoms with van der Waals surface area (Å²) in [6.07, 6.45) is 3.67. The van der Waals surface area contributed by atoms with Crippen LogP contribution < -0.4 is 0 Å². The van der Waals surface area contributed by atoms with Crippen LogP contribution in [-0.4, -0.2) is 24.2 Å². The standard InChI is InChI=1S/C16H27O4P/c1-5-19-21(18,20-6-2)16-11-13(4)12(3)10-14(16)8-7-9-15(16)17/h14H,5-11H2,1-4H3/t14-,16-/m0/s1. The molecule has 0 heterocycles. The average Bonchev–Trinajstić information content (AvgIpc) is 2.42. The van der Waals surface area contributed by atoms with E-state index in [1.165, 1.54) is 11.1 Å². The van der Waals surface area contributed by atoms with Gasteiger partial charge < -0.3 is 9.05 Å². The molecule has 0 spiro atoms.